The topological polar surface area (TPSA) is 27.1 Å². The molecule has 0 saturated heterocycles. The van der Waals surface area contributed by atoms with Gasteiger partial charge in [-0.15, -0.1) is 0 Å². The molecule has 0 N–H and O–H groups in total. The van der Waals surface area contributed by atoms with Crippen molar-refractivity contribution in [2.75, 3.05) is 6.61 Å². The molecule has 4 heteroatoms. The highest BCUT2D eigenvalue weighted by Gasteiger charge is 2.30. The first-order chi connectivity index (χ1) is 10.5. The monoisotopic (exact) mass is 314 g/mol. The molecule has 118 valence electrons. The number of hydrogen-bond acceptors (Lipinski definition) is 2. The molecule has 22 heavy (non-hydrogen) atoms. The third kappa shape index (κ3) is 3.87. The molecule has 1 heterocycles. The van der Waals surface area contributed by atoms with E-state index in [4.69, 9.17) is 4.74 Å². The molecule has 1 fully saturated rings. The van der Waals surface area contributed by atoms with Crippen LogP contribution in [0.15, 0.2) is 36.7 Å². The Kier molecular flexibility index (Phi) is 4.50. The Morgan fingerprint density at radius 2 is 1.91 bits per heavy atom. The Balaban J connectivity index is 1.74. The molecule has 1 aromatic heterocycles. The molecule has 1 aromatic carbocycles. The number of aromatic nitrogens is 2. The second-order valence-corrected chi connectivity index (χ2v) is 13.1. The Bertz CT molecular complexity index is 612. The third-order valence-corrected chi connectivity index (χ3v) is 5.81. The van der Waals surface area contributed by atoms with E-state index in [0.717, 1.165) is 6.61 Å². The van der Waals surface area contributed by atoms with Gasteiger partial charge in [0.15, 0.2) is 0 Å². The van der Waals surface area contributed by atoms with Crippen molar-refractivity contribution >= 4 is 8.07 Å². The van der Waals surface area contributed by atoms with Gasteiger partial charge in [0.25, 0.3) is 0 Å². The van der Waals surface area contributed by atoms with Gasteiger partial charge in [-0.2, -0.15) is 0 Å². The van der Waals surface area contributed by atoms with E-state index >= 15 is 0 Å². The number of rotatable bonds is 7. The van der Waals surface area contributed by atoms with E-state index in [2.05, 4.69) is 59.5 Å². The van der Waals surface area contributed by atoms with E-state index in [1.807, 2.05) is 6.33 Å². The fourth-order valence-electron chi connectivity index (χ4n) is 2.60. The summed E-state index contributed by atoms with van der Waals surface area (Å²) in [7, 11) is -1.03. The lowest BCUT2D eigenvalue weighted by atomic mass is 10.1. The van der Waals surface area contributed by atoms with Gasteiger partial charge in [0.05, 0.1) is 17.7 Å². The van der Waals surface area contributed by atoms with Gasteiger partial charge in [0.1, 0.15) is 6.73 Å². The van der Waals surface area contributed by atoms with Crippen molar-refractivity contribution in [3.8, 4) is 11.3 Å². The van der Waals surface area contributed by atoms with E-state index in [1.54, 1.807) is 0 Å². The van der Waals surface area contributed by atoms with Crippen LogP contribution in [-0.2, 0) is 11.5 Å². The minimum atomic E-state index is -1.03. The van der Waals surface area contributed by atoms with Crippen LogP contribution in [0.1, 0.15) is 24.5 Å². The fraction of sp³-hybridized carbons (Fsp3) is 0.500. The molecular weight excluding hydrogens is 288 g/mol. The number of benzene rings is 1. The molecule has 1 saturated carbocycles. The maximum Gasteiger partial charge on any atom is 0.124 e. The summed E-state index contributed by atoms with van der Waals surface area (Å²) in [6, 6.07) is 11.8. The molecular formula is C18H26N2OSi. The summed E-state index contributed by atoms with van der Waals surface area (Å²) < 4.78 is 8.10. The van der Waals surface area contributed by atoms with E-state index < -0.39 is 8.07 Å². The third-order valence-electron chi connectivity index (χ3n) is 4.10. The van der Waals surface area contributed by atoms with Crippen LogP contribution in [0.5, 0.6) is 0 Å². The minimum absolute atomic E-state index is 0.606. The quantitative estimate of drug-likeness (QED) is 0.545. The lowest BCUT2D eigenvalue weighted by molar-refractivity contribution is 0.0881. The van der Waals surface area contributed by atoms with Crippen LogP contribution < -0.4 is 0 Å². The predicted molar refractivity (Wildman–Crippen MR) is 93.7 cm³/mol. The first kappa shape index (κ1) is 15.5. The Morgan fingerprint density at radius 3 is 2.55 bits per heavy atom. The van der Waals surface area contributed by atoms with Gasteiger partial charge >= 0.3 is 0 Å². The van der Waals surface area contributed by atoms with Crippen LogP contribution in [0.2, 0.25) is 25.7 Å². The fourth-order valence-corrected chi connectivity index (χ4v) is 3.36. The smallest absolute Gasteiger partial charge is 0.124 e. The molecule has 0 aliphatic heterocycles. The maximum atomic E-state index is 5.93. The largest absolute Gasteiger partial charge is 0.361 e. The van der Waals surface area contributed by atoms with Crippen molar-refractivity contribution in [3.05, 3.63) is 42.4 Å². The van der Waals surface area contributed by atoms with Gasteiger partial charge in [0.2, 0.25) is 0 Å². The Morgan fingerprint density at radius 1 is 1.18 bits per heavy atom. The zero-order valence-corrected chi connectivity index (χ0v) is 14.9. The molecule has 0 bridgehead atoms. The van der Waals surface area contributed by atoms with Gasteiger partial charge in [-0.05, 0) is 18.9 Å². The van der Waals surface area contributed by atoms with Crippen molar-refractivity contribution in [1.82, 2.24) is 9.55 Å². The lowest BCUT2D eigenvalue weighted by Crippen LogP contribution is -2.22. The summed E-state index contributed by atoms with van der Waals surface area (Å²) in [5.74, 6) is 0.651. The summed E-state index contributed by atoms with van der Waals surface area (Å²) in [5.41, 5.74) is 3.74. The Hall–Kier alpha value is -1.39. The zero-order chi connectivity index (χ0) is 15.6. The van der Waals surface area contributed by atoms with Gasteiger partial charge < -0.3 is 9.30 Å². The van der Waals surface area contributed by atoms with Gasteiger partial charge in [-0.25, -0.2) is 4.98 Å². The highest BCUT2D eigenvalue weighted by atomic mass is 28.3. The molecule has 0 atom stereocenters. The van der Waals surface area contributed by atoms with E-state index in [0.29, 0.717) is 12.6 Å². The van der Waals surface area contributed by atoms with Crippen LogP contribution in [0.25, 0.3) is 11.3 Å². The van der Waals surface area contributed by atoms with Crippen LogP contribution in [0.3, 0.4) is 0 Å². The van der Waals surface area contributed by atoms with Crippen molar-refractivity contribution in [1.29, 1.82) is 0 Å². The van der Waals surface area contributed by atoms with Crippen molar-refractivity contribution in [2.45, 2.75) is 51.2 Å². The number of hydrogen-bond donors (Lipinski definition) is 0. The highest BCUT2D eigenvalue weighted by Crippen LogP contribution is 2.43. The van der Waals surface area contributed by atoms with E-state index in [1.165, 1.54) is 35.8 Å². The summed E-state index contributed by atoms with van der Waals surface area (Å²) in [5, 5.41) is 0. The van der Waals surface area contributed by atoms with Crippen LogP contribution in [0, 0.1) is 0 Å². The SMILES string of the molecule is C[Si](C)(C)CCOCn1cnc(C2CC2)c1-c1ccccc1. The standard InChI is InChI=1S/C18H26N2OSi/c1-22(2,3)12-11-21-14-20-13-19-17(15-9-10-15)18(20)16-7-5-4-6-8-16/h4-8,13,15H,9-12,14H2,1-3H3. The molecule has 0 unspecified atom stereocenters. The molecule has 1 aliphatic carbocycles. The lowest BCUT2D eigenvalue weighted by Gasteiger charge is -2.16. The second kappa shape index (κ2) is 6.38. The van der Waals surface area contributed by atoms with Gasteiger partial charge in [-0.1, -0.05) is 50.0 Å². The molecule has 2 aromatic rings. The van der Waals surface area contributed by atoms with Gasteiger partial charge in [0, 0.05) is 26.2 Å². The van der Waals surface area contributed by atoms with Crippen molar-refractivity contribution < 1.29 is 4.74 Å². The highest BCUT2D eigenvalue weighted by molar-refractivity contribution is 6.76. The molecule has 0 spiro atoms. The second-order valence-electron chi connectivity index (χ2n) is 7.44. The van der Waals surface area contributed by atoms with E-state index in [9.17, 15) is 0 Å². The summed E-state index contributed by atoms with van der Waals surface area (Å²) >= 11 is 0. The van der Waals surface area contributed by atoms with Crippen LogP contribution in [-0.4, -0.2) is 24.2 Å². The number of ether oxygens (including phenoxy) is 1. The maximum absolute atomic E-state index is 5.93. The molecule has 3 nitrogen and oxygen atoms in total. The van der Waals surface area contributed by atoms with Crippen molar-refractivity contribution in [3.63, 3.8) is 0 Å². The van der Waals surface area contributed by atoms with Crippen LogP contribution >= 0.6 is 0 Å². The average molecular weight is 315 g/mol. The van der Waals surface area contributed by atoms with Crippen LogP contribution in [0.4, 0.5) is 0 Å². The molecule has 0 radical (unpaired) electrons. The first-order valence-corrected chi connectivity index (χ1v) is 11.9. The minimum Gasteiger partial charge on any atom is -0.361 e. The van der Waals surface area contributed by atoms with E-state index in [-0.39, 0.29) is 0 Å². The zero-order valence-electron chi connectivity index (χ0n) is 13.9. The number of nitrogens with zero attached hydrogens (tertiary/aromatic N) is 2. The predicted octanol–water partition coefficient (Wildman–Crippen LogP) is 4.74. The molecule has 3 rings (SSSR count). The molecule has 1 aliphatic rings. The molecule has 0 amide bonds. The Labute approximate surface area is 134 Å². The summed E-state index contributed by atoms with van der Waals surface area (Å²) in [6.07, 6.45) is 4.49. The average Bonchev–Trinajstić information content (AvgIpc) is 3.24. The summed E-state index contributed by atoms with van der Waals surface area (Å²) in [6.45, 7) is 8.60. The van der Waals surface area contributed by atoms with Gasteiger partial charge in [-0.3, -0.25) is 0 Å². The number of imidazole rings is 1. The summed E-state index contributed by atoms with van der Waals surface area (Å²) in [4.78, 5) is 4.67. The van der Waals surface area contributed by atoms with Crippen molar-refractivity contribution in [2.24, 2.45) is 0 Å². The normalized spacial score (nSPS) is 15.2. The first-order valence-electron chi connectivity index (χ1n) is 8.23.